The smallest absolute Gasteiger partial charge is 0.744 e. The number of benzene rings is 2. The van der Waals surface area contributed by atoms with Gasteiger partial charge in [0.1, 0.15) is 15.0 Å². The molecule has 0 saturated heterocycles. The van der Waals surface area contributed by atoms with E-state index in [9.17, 15) is 21.4 Å². The largest absolute Gasteiger partial charge is 1.00 e. The monoisotopic (exact) mass is 366 g/mol. The molecule has 0 spiro atoms. The van der Waals surface area contributed by atoms with Crippen LogP contribution in [0.1, 0.15) is 19.8 Å². The summed E-state index contributed by atoms with van der Waals surface area (Å²) in [4.78, 5) is -1.38. The van der Waals surface area contributed by atoms with E-state index in [1.807, 2.05) is 6.92 Å². The summed E-state index contributed by atoms with van der Waals surface area (Å²) in [7, 11) is -9.30. The SMILES string of the molecule is CCCCOS(=O)(=O)c1c(S(=O)(=O)[O-])ccc2ccccc12.[Na+]. The molecule has 2 rings (SSSR count). The zero-order chi connectivity index (χ0) is 16.4. The van der Waals surface area contributed by atoms with Gasteiger partial charge in [-0.05, 0) is 17.9 Å². The first kappa shape index (κ1) is 20.6. The third-order valence-corrected chi connectivity index (χ3v) is 5.52. The fourth-order valence-electron chi connectivity index (χ4n) is 2.05. The molecule has 120 valence electrons. The maximum absolute atomic E-state index is 12.4. The van der Waals surface area contributed by atoms with Gasteiger partial charge in [-0.2, -0.15) is 8.42 Å². The number of rotatable bonds is 6. The second-order valence-corrected chi connectivity index (χ2v) is 7.60. The van der Waals surface area contributed by atoms with Gasteiger partial charge in [0.2, 0.25) is 0 Å². The van der Waals surface area contributed by atoms with Crippen molar-refractivity contribution in [3.63, 3.8) is 0 Å². The average molecular weight is 366 g/mol. The standard InChI is InChI=1S/C14H16O6S2.Na/c1-2-3-10-20-22(18,19)14-12-7-5-4-6-11(12)8-9-13(14)21(15,16)17;/h4-9H,2-3,10H2,1H3,(H,15,16,17);/q;+1/p-1. The van der Waals surface area contributed by atoms with Crippen molar-refractivity contribution in [1.29, 1.82) is 0 Å². The summed E-state index contributed by atoms with van der Waals surface area (Å²) in [5, 5.41) is 0.656. The van der Waals surface area contributed by atoms with Crippen LogP contribution >= 0.6 is 0 Å². The fourth-order valence-corrected chi connectivity index (χ4v) is 4.46. The molecule has 9 heteroatoms. The number of hydrogen-bond acceptors (Lipinski definition) is 6. The Bertz CT molecular complexity index is 891. The second-order valence-electron chi connectivity index (χ2n) is 4.70. The Morgan fingerprint density at radius 2 is 1.70 bits per heavy atom. The molecule has 23 heavy (non-hydrogen) atoms. The minimum Gasteiger partial charge on any atom is -0.744 e. The van der Waals surface area contributed by atoms with Crippen molar-refractivity contribution in [2.75, 3.05) is 6.61 Å². The average Bonchev–Trinajstić information content (AvgIpc) is 2.45. The molecule has 0 aliphatic carbocycles. The van der Waals surface area contributed by atoms with E-state index >= 15 is 0 Å². The van der Waals surface area contributed by atoms with Crippen LogP contribution in [0.3, 0.4) is 0 Å². The Hall–Kier alpha value is -0.480. The van der Waals surface area contributed by atoms with Gasteiger partial charge >= 0.3 is 29.6 Å². The molecular weight excluding hydrogens is 351 g/mol. The molecule has 0 fully saturated rings. The third kappa shape index (κ3) is 4.76. The molecule has 0 aromatic heterocycles. The van der Waals surface area contributed by atoms with Crippen molar-refractivity contribution >= 4 is 31.0 Å². The van der Waals surface area contributed by atoms with Crippen LogP contribution in [0.2, 0.25) is 0 Å². The minimum absolute atomic E-state index is 0. The maximum atomic E-state index is 12.4. The van der Waals surface area contributed by atoms with Crippen molar-refractivity contribution < 1.29 is 55.1 Å². The first-order valence-electron chi connectivity index (χ1n) is 6.64. The summed E-state index contributed by atoms with van der Waals surface area (Å²) in [6.07, 6.45) is 1.22. The Balaban J connectivity index is 0.00000264. The number of fused-ring (bicyclic) bond motifs is 1. The van der Waals surface area contributed by atoms with Crippen molar-refractivity contribution in [2.45, 2.75) is 29.6 Å². The molecule has 0 heterocycles. The van der Waals surface area contributed by atoms with E-state index in [0.29, 0.717) is 11.8 Å². The Labute approximate surface area is 158 Å². The fraction of sp³-hybridized carbons (Fsp3) is 0.286. The quantitative estimate of drug-likeness (QED) is 0.289. The molecule has 0 atom stereocenters. The van der Waals surface area contributed by atoms with E-state index in [2.05, 4.69) is 0 Å². The first-order chi connectivity index (χ1) is 10.3. The summed E-state index contributed by atoms with van der Waals surface area (Å²) >= 11 is 0. The van der Waals surface area contributed by atoms with Crippen LogP contribution in [0.25, 0.3) is 10.8 Å². The predicted octanol–water partition coefficient (Wildman–Crippen LogP) is -0.747. The van der Waals surface area contributed by atoms with Gasteiger partial charge in [0, 0.05) is 5.39 Å². The van der Waals surface area contributed by atoms with Crippen LogP contribution in [0.15, 0.2) is 46.2 Å². The number of hydrogen-bond donors (Lipinski definition) is 0. The summed E-state index contributed by atoms with van der Waals surface area (Å²) in [6, 6.07) is 8.71. The molecule has 2 aromatic rings. The van der Waals surface area contributed by atoms with Gasteiger partial charge in [0.15, 0.2) is 0 Å². The molecule has 0 aliphatic rings. The summed E-state index contributed by atoms with van der Waals surface area (Å²) in [5.41, 5.74) is 0. The molecular formula is C14H15NaO6S2. The molecule has 0 saturated carbocycles. The van der Waals surface area contributed by atoms with Crippen LogP contribution < -0.4 is 29.6 Å². The molecule has 0 N–H and O–H groups in total. The van der Waals surface area contributed by atoms with E-state index in [1.54, 1.807) is 18.2 Å². The summed E-state index contributed by atoms with van der Waals surface area (Å²) in [6.45, 7) is 1.79. The zero-order valence-corrected chi connectivity index (χ0v) is 16.5. The van der Waals surface area contributed by atoms with Crippen molar-refractivity contribution in [1.82, 2.24) is 0 Å². The molecule has 0 amide bonds. The van der Waals surface area contributed by atoms with E-state index in [-0.39, 0.29) is 41.6 Å². The van der Waals surface area contributed by atoms with Gasteiger partial charge in [0.25, 0.3) is 10.1 Å². The Morgan fingerprint density at radius 1 is 1.04 bits per heavy atom. The first-order valence-corrected chi connectivity index (χ1v) is 9.46. The van der Waals surface area contributed by atoms with Crippen LogP contribution in [-0.2, 0) is 24.4 Å². The van der Waals surface area contributed by atoms with Gasteiger partial charge in [-0.3, -0.25) is 4.18 Å². The topological polar surface area (TPSA) is 101 Å². The van der Waals surface area contributed by atoms with Crippen molar-refractivity contribution in [2.24, 2.45) is 0 Å². The molecule has 0 unspecified atom stereocenters. The molecule has 0 bridgehead atoms. The van der Waals surface area contributed by atoms with Crippen LogP contribution in [0.4, 0.5) is 0 Å². The third-order valence-electron chi connectivity index (χ3n) is 3.10. The summed E-state index contributed by atoms with van der Waals surface area (Å²) in [5.74, 6) is 0. The molecule has 2 aromatic carbocycles. The van der Waals surface area contributed by atoms with Gasteiger partial charge < -0.3 is 4.55 Å². The van der Waals surface area contributed by atoms with Crippen molar-refractivity contribution in [3.05, 3.63) is 36.4 Å². The van der Waals surface area contributed by atoms with Crippen molar-refractivity contribution in [3.8, 4) is 0 Å². The van der Waals surface area contributed by atoms with E-state index in [1.165, 1.54) is 12.1 Å². The Morgan fingerprint density at radius 3 is 2.30 bits per heavy atom. The van der Waals surface area contributed by atoms with E-state index in [4.69, 9.17) is 4.18 Å². The van der Waals surface area contributed by atoms with E-state index < -0.39 is 30.0 Å². The Kier molecular flexibility index (Phi) is 7.21. The van der Waals surface area contributed by atoms with Gasteiger partial charge in [-0.25, -0.2) is 8.42 Å². The molecule has 0 radical (unpaired) electrons. The minimum atomic E-state index is -4.95. The van der Waals surface area contributed by atoms with Gasteiger partial charge in [-0.15, -0.1) is 0 Å². The van der Waals surface area contributed by atoms with Gasteiger partial charge in [0.05, 0.1) is 11.5 Å². The van der Waals surface area contributed by atoms with Crippen LogP contribution in [0, 0.1) is 0 Å². The normalized spacial score (nSPS) is 12.1. The number of unbranched alkanes of at least 4 members (excludes halogenated alkanes) is 1. The second kappa shape index (κ2) is 8.06. The zero-order valence-electron chi connectivity index (χ0n) is 12.9. The molecule has 0 aliphatic heterocycles. The van der Waals surface area contributed by atoms with Crippen LogP contribution in [-0.4, -0.2) is 28.0 Å². The maximum Gasteiger partial charge on any atom is 1.00 e. The van der Waals surface area contributed by atoms with E-state index in [0.717, 1.165) is 12.5 Å². The van der Waals surface area contributed by atoms with Crippen LogP contribution in [0.5, 0.6) is 0 Å². The molecule has 6 nitrogen and oxygen atoms in total. The summed E-state index contributed by atoms with van der Waals surface area (Å²) < 4.78 is 63.8. The predicted molar refractivity (Wildman–Crippen MR) is 80.0 cm³/mol. The van der Waals surface area contributed by atoms with Gasteiger partial charge in [-0.1, -0.05) is 43.7 Å².